The number of hydrogen-bond acceptors (Lipinski definition) is 4. The van der Waals surface area contributed by atoms with E-state index in [1.54, 1.807) is 12.1 Å². The van der Waals surface area contributed by atoms with Crippen molar-refractivity contribution in [2.45, 2.75) is 0 Å². The predicted molar refractivity (Wildman–Crippen MR) is 84.1 cm³/mol. The molecule has 0 saturated carbocycles. The molecule has 0 saturated heterocycles. The van der Waals surface area contributed by atoms with Crippen molar-refractivity contribution >= 4 is 40.5 Å². The van der Waals surface area contributed by atoms with Crippen LogP contribution in [0.1, 0.15) is 10.4 Å². The Morgan fingerprint density at radius 1 is 1.18 bits per heavy atom. The summed E-state index contributed by atoms with van der Waals surface area (Å²) >= 11 is 11.7. The van der Waals surface area contributed by atoms with Crippen LogP contribution >= 0.6 is 23.2 Å². The number of methoxy groups -OCH3 is 1. The van der Waals surface area contributed by atoms with Crippen molar-refractivity contribution < 1.29 is 14.5 Å². The van der Waals surface area contributed by atoms with Crippen LogP contribution in [0.4, 0.5) is 11.4 Å². The average molecular weight is 341 g/mol. The fourth-order valence-electron chi connectivity index (χ4n) is 1.74. The van der Waals surface area contributed by atoms with Crippen molar-refractivity contribution in [1.82, 2.24) is 0 Å². The SMILES string of the molecule is COc1ccc(NC(=O)c2ccc(Cl)c([N+](=O)[O-])c2)cc1Cl. The Kier molecular flexibility index (Phi) is 4.85. The van der Waals surface area contributed by atoms with Crippen molar-refractivity contribution in [3.63, 3.8) is 0 Å². The van der Waals surface area contributed by atoms with Crippen LogP contribution in [0.3, 0.4) is 0 Å². The summed E-state index contributed by atoms with van der Waals surface area (Å²) in [6.07, 6.45) is 0. The van der Waals surface area contributed by atoms with Crippen LogP contribution in [0.5, 0.6) is 5.75 Å². The third-order valence-electron chi connectivity index (χ3n) is 2.81. The summed E-state index contributed by atoms with van der Waals surface area (Å²) in [5, 5.41) is 13.7. The highest BCUT2D eigenvalue weighted by Gasteiger charge is 2.16. The van der Waals surface area contributed by atoms with Crippen molar-refractivity contribution in [2.24, 2.45) is 0 Å². The number of anilines is 1. The molecule has 8 heteroatoms. The molecule has 0 aliphatic heterocycles. The second kappa shape index (κ2) is 6.64. The van der Waals surface area contributed by atoms with Crippen LogP contribution < -0.4 is 10.1 Å². The van der Waals surface area contributed by atoms with Gasteiger partial charge >= 0.3 is 0 Å². The number of hydrogen-bond donors (Lipinski definition) is 1. The first-order chi connectivity index (χ1) is 10.4. The first kappa shape index (κ1) is 16.1. The monoisotopic (exact) mass is 340 g/mol. The molecule has 0 heterocycles. The molecule has 22 heavy (non-hydrogen) atoms. The van der Waals surface area contributed by atoms with Crippen molar-refractivity contribution in [3.05, 3.63) is 62.1 Å². The molecule has 0 fully saturated rings. The first-order valence-electron chi connectivity index (χ1n) is 6.01. The lowest BCUT2D eigenvalue weighted by Gasteiger charge is -2.08. The molecule has 114 valence electrons. The van der Waals surface area contributed by atoms with E-state index >= 15 is 0 Å². The van der Waals surface area contributed by atoms with Gasteiger partial charge in [0.1, 0.15) is 10.8 Å². The zero-order valence-corrected chi connectivity index (χ0v) is 12.8. The van der Waals surface area contributed by atoms with Gasteiger partial charge in [0.25, 0.3) is 11.6 Å². The highest BCUT2D eigenvalue weighted by Crippen LogP contribution is 2.28. The van der Waals surface area contributed by atoms with Gasteiger partial charge in [0.05, 0.1) is 17.1 Å². The quantitative estimate of drug-likeness (QED) is 0.669. The van der Waals surface area contributed by atoms with E-state index in [4.69, 9.17) is 27.9 Å². The van der Waals surface area contributed by atoms with Crippen molar-refractivity contribution in [2.75, 3.05) is 12.4 Å². The van der Waals surface area contributed by atoms with Gasteiger partial charge in [-0.3, -0.25) is 14.9 Å². The number of carbonyl (C=O) groups excluding carboxylic acids is 1. The zero-order chi connectivity index (χ0) is 16.3. The number of nitrogens with one attached hydrogen (secondary N) is 1. The van der Waals surface area contributed by atoms with Crippen LogP contribution in [-0.4, -0.2) is 17.9 Å². The number of carbonyl (C=O) groups is 1. The van der Waals surface area contributed by atoms with Gasteiger partial charge in [-0.05, 0) is 30.3 Å². The summed E-state index contributed by atoms with van der Waals surface area (Å²) in [4.78, 5) is 22.3. The van der Waals surface area contributed by atoms with Gasteiger partial charge in [0, 0.05) is 17.3 Å². The van der Waals surface area contributed by atoms with Crippen LogP contribution in [0.25, 0.3) is 0 Å². The molecule has 0 unspecified atom stereocenters. The lowest BCUT2D eigenvalue weighted by molar-refractivity contribution is -0.384. The third-order valence-corrected chi connectivity index (χ3v) is 3.43. The minimum absolute atomic E-state index is 0.0333. The minimum Gasteiger partial charge on any atom is -0.495 e. The second-order valence-electron chi connectivity index (χ2n) is 4.23. The zero-order valence-electron chi connectivity index (χ0n) is 11.3. The van der Waals surface area contributed by atoms with Gasteiger partial charge in [-0.2, -0.15) is 0 Å². The lowest BCUT2D eigenvalue weighted by Crippen LogP contribution is -2.12. The largest absolute Gasteiger partial charge is 0.495 e. The molecule has 0 aliphatic rings. The van der Waals surface area contributed by atoms with Crippen molar-refractivity contribution in [1.29, 1.82) is 0 Å². The number of halogens is 2. The molecule has 2 aromatic rings. The fraction of sp³-hybridized carbons (Fsp3) is 0.0714. The van der Waals surface area contributed by atoms with E-state index in [-0.39, 0.29) is 16.3 Å². The van der Waals surface area contributed by atoms with E-state index in [1.807, 2.05) is 0 Å². The Balaban J connectivity index is 2.24. The van der Waals surface area contributed by atoms with Crippen molar-refractivity contribution in [3.8, 4) is 5.75 Å². The molecule has 0 radical (unpaired) electrons. The van der Waals surface area contributed by atoms with Gasteiger partial charge in [0.15, 0.2) is 0 Å². The van der Waals surface area contributed by atoms with E-state index < -0.39 is 10.8 Å². The third kappa shape index (κ3) is 3.47. The standard InChI is InChI=1S/C14H10Cl2N2O4/c1-22-13-5-3-9(7-11(13)16)17-14(19)8-2-4-10(15)12(6-8)18(20)21/h2-7H,1H3,(H,17,19). The molecule has 0 aliphatic carbocycles. The maximum absolute atomic E-state index is 12.1. The fourth-order valence-corrected chi connectivity index (χ4v) is 2.19. The molecule has 2 aromatic carbocycles. The van der Waals surface area contributed by atoms with E-state index in [0.29, 0.717) is 16.5 Å². The molecule has 1 N–H and O–H groups in total. The number of amides is 1. The molecule has 0 spiro atoms. The van der Waals surface area contributed by atoms with E-state index in [0.717, 1.165) is 6.07 Å². The number of rotatable bonds is 4. The van der Waals surface area contributed by atoms with E-state index in [1.165, 1.54) is 25.3 Å². The Bertz CT molecular complexity index is 750. The normalized spacial score (nSPS) is 10.1. The summed E-state index contributed by atoms with van der Waals surface area (Å²) < 4.78 is 5.01. The first-order valence-corrected chi connectivity index (χ1v) is 6.77. The Labute approximate surface area is 135 Å². The summed E-state index contributed by atoms with van der Waals surface area (Å²) in [7, 11) is 1.48. The molecule has 0 atom stereocenters. The summed E-state index contributed by atoms with van der Waals surface area (Å²) in [5.74, 6) is -0.0391. The summed E-state index contributed by atoms with van der Waals surface area (Å²) in [6, 6.07) is 8.53. The van der Waals surface area contributed by atoms with Crippen LogP contribution in [-0.2, 0) is 0 Å². The number of nitro benzene ring substituents is 1. The molecule has 1 amide bonds. The Hall–Kier alpha value is -2.31. The van der Waals surface area contributed by atoms with Gasteiger partial charge in [-0.15, -0.1) is 0 Å². The minimum atomic E-state index is -0.649. The molecule has 6 nitrogen and oxygen atoms in total. The topological polar surface area (TPSA) is 81.5 Å². The maximum atomic E-state index is 12.1. The number of nitrogens with zero attached hydrogens (tertiary/aromatic N) is 1. The summed E-state index contributed by atoms with van der Waals surface area (Å²) in [5.41, 5.74) is 0.221. The van der Waals surface area contributed by atoms with Gasteiger partial charge in [-0.1, -0.05) is 23.2 Å². The highest BCUT2D eigenvalue weighted by atomic mass is 35.5. The van der Waals surface area contributed by atoms with Crippen LogP contribution in [0, 0.1) is 10.1 Å². The van der Waals surface area contributed by atoms with E-state index in [9.17, 15) is 14.9 Å². The second-order valence-corrected chi connectivity index (χ2v) is 5.04. The lowest BCUT2D eigenvalue weighted by atomic mass is 10.2. The molecular weight excluding hydrogens is 331 g/mol. The van der Waals surface area contributed by atoms with Crippen LogP contribution in [0.15, 0.2) is 36.4 Å². The maximum Gasteiger partial charge on any atom is 0.288 e. The van der Waals surface area contributed by atoms with Gasteiger partial charge in [0.2, 0.25) is 0 Å². The molecular formula is C14H10Cl2N2O4. The summed E-state index contributed by atoms with van der Waals surface area (Å²) in [6.45, 7) is 0. The number of benzene rings is 2. The molecule has 0 bridgehead atoms. The predicted octanol–water partition coefficient (Wildman–Crippen LogP) is 4.16. The Morgan fingerprint density at radius 2 is 1.91 bits per heavy atom. The van der Waals surface area contributed by atoms with Gasteiger partial charge < -0.3 is 10.1 Å². The van der Waals surface area contributed by atoms with Gasteiger partial charge in [-0.25, -0.2) is 0 Å². The van der Waals surface area contributed by atoms with E-state index in [2.05, 4.69) is 5.32 Å². The molecule has 0 aromatic heterocycles. The average Bonchev–Trinajstić information content (AvgIpc) is 2.47. The Morgan fingerprint density at radius 3 is 2.50 bits per heavy atom. The van der Waals surface area contributed by atoms with Crippen LogP contribution in [0.2, 0.25) is 10.0 Å². The smallest absolute Gasteiger partial charge is 0.288 e. The molecule has 2 rings (SSSR count). The number of nitro groups is 1. The highest BCUT2D eigenvalue weighted by molar-refractivity contribution is 6.33. The number of ether oxygens (including phenoxy) is 1.